The zero-order chi connectivity index (χ0) is 14.3. The molecule has 0 saturated heterocycles. The number of aryl methyl sites for hydroxylation is 2. The first-order chi connectivity index (χ1) is 9.58. The van der Waals surface area contributed by atoms with Crippen molar-refractivity contribution in [2.24, 2.45) is 7.05 Å². The highest BCUT2D eigenvalue weighted by molar-refractivity contribution is 6.30. The van der Waals surface area contributed by atoms with Gasteiger partial charge in [-0.3, -0.25) is 4.68 Å². The standard InChI is InChI=1S/C15H16ClN3O/c1-9-14(10(2)19(3)18-9)17-8-12-11-6-4-5-7-13(11)20-15(12)16/h4-7,17H,8H2,1-3H3. The number of benzene rings is 1. The van der Waals surface area contributed by atoms with E-state index in [0.717, 1.165) is 33.6 Å². The van der Waals surface area contributed by atoms with E-state index in [2.05, 4.69) is 10.4 Å². The molecule has 2 heterocycles. The van der Waals surface area contributed by atoms with Gasteiger partial charge in [0.05, 0.1) is 17.1 Å². The Bertz CT molecular complexity index is 773. The Kier molecular flexibility index (Phi) is 3.18. The number of nitrogens with one attached hydrogen (secondary N) is 1. The molecule has 0 spiro atoms. The van der Waals surface area contributed by atoms with Crippen molar-refractivity contribution >= 4 is 28.3 Å². The Hall–Kier alpha value is -1.94. The lowest BCUT2D eigenvalue weighted by Gasteiger charge is -2.06. The van der Waals surface area contributed by atoms with Gasteiger partial charge in [0.1, 0.15) is 5.58 Å². The van der Waals surface area contributed by atoms with Gasteiger partial charge in [-0.1, -0.05) is 18.2 Å². The molecule has 1 N–H and O–H groups in total. The van der Waals surface area contributed by atoms with Crippen molar-refractivity contribution in [2.75, 3.05) is 5.32 Å². The maximum absolute atomic E-state index is 6.19. The number of nitrogens with zero attached hydrogens (tertiary/aromatic N) is 2. The molecule has 0 aliphatic carbocycles. The molecule has 0 unspecified atom stereocenters. The second-order valence-electron chi connectivity index (χ2n) is 4.87. The molecular formula is C15H16ClN3O. The minimum Gasteiger partial charge on any atom is -0.444 e. The molecule has 0 bridgehead atoms. The summed E-state index contributed by atoms with van der Waals surface area (Å²) in [5, 5.41) is 9.29. The number of aromatic nitrogens is 2. The van der Waals surface area contributed by atoms with Gasteiger partial charge in [0.2, 0.25) is 0 Å². The van der Waals surface area contributed by atoms with Crippen LogP contribution < -0.4 is 5.32 Å². The highest BCUT2D eigenvalue weighted by Gasteiger charge is 2.14. The van der Waals surface area contributed by atoms with Crippen molar-refractivity contribution in [3.63, 3.8) is 0 Å². The summed E-state index contributed by atoms with van der Waals surface area (Å²) < 4.78 is 7.43. The van der Waals surface area contributed by atoms with Gasteiger partial charge in [0.15, 0.2) is 5.22 Å². The number of fused-ring (bicyclic) bond motifs is 1. The molecule has 3 rings (SSSR count). The van der Waals surface area contributed by atoms with E-state index in [-0.39, 0.29) is 0 Å². The molecule has 3 aromatic rings. The topological polar surface area (TPSA) is 43.0 Å². The van der Waals surface area contributed by atoms with E-state index in [1.165, 1.54) is 0 Å². The fourth-order valence-electron chi connectivity index (χ4n) is 2.44. The van der Waals surface area contributed by atoms with Gasteiger partial charge in [-0.05, 0) is 31.5 Å². The van der Waals surface area contributed by atoms with Crippen molar-refractivity contribution < 1.29 is 4.42 Å². The molecule has 0 amide bonds. The summed E-state index contributed by atoms with van der Waals surface area (Å²) in [5.41, 5.74) is 4.92. The van der Waals surface area contributed by atoms with E-state index in [4.69, 9.17) is 16.0 Å². The number of rotatable bonds is 3. The zero-order valence-corrected chi connectivity index (χ0v) is 12.5. The number of furan rings is 1. The Labute approximate surface area is 122 Å². The first-order valence-corrected chi connectivity index (χ1v) is 6.85. The van der Waals surface area contributed by atoms with Crippen LogP contribution >= 0.6 is 11.6 Å². The SMILES string of the molecule is Cc1nn(C)c(C)c1NCc1c(Cl)oc2ccccc12. The van der Waals surface area contributed by atoms with Crippen LogP contribution in [0.25, 0.3) is 11.0 Å². The molecule has 2 aromatic heterocycles. The average Bonchev–Trinajstić information content (AvgIpc) is 2.86. The minimum absolute atomic E-state index is 0.442. The summed E-state index contributed by atoms with van der Waals surface area (Å²) in [4.78, 5) is 0. The van der Waals surface area contributed by atoms with Crippen LogP contribution in [-0.2, 0) is 13.6 Å². The van der Waals surface area contributed by atoms with E-state index in [0.29, 0.717) is 11.8 Å². The summed E-state index contributed by atoms with van der Waals surface area (Å²) in [7, 11) is 1.94. The lowest BCUT2D eigenvalue weighted by molar-refractivity contribution is 0.613. The highest BCUT2D eigenvalue weighted by Crippen LogP contribution is 2.30. The summed E-state index contributed by atoms with van der Waals surface area (Å²) in [6, 6.07) is 7.86. The Morgan fingerprint density at radius 1 is 1.30 bits per heavy atom. The molecule has 0 aliphatic rings. The average molecular weight is 290 g/mol. The summed E-state index contributed by atoms with van der Waals surface area (Å²) in [5.74, 6) is 0. The maximum atomic E-state index is 6.19. The molecule has 0 saturated carbocycles. The number of halogens is 1. The summed E-state index contributed by atoms with van der Waals surface area (Å²) >= 11 is 6.19. The quantitative estimate of drug-likeness (QED) is 0.791. The van der Waals surface area contributed by atoms with Gasteiger partial charge >= 0.3 is 0 Å². The first kappa shape index (κ1) is 13.1. The number of hydrogen-bond acceptors (Lipinski definition) is 3. The van der Waals surface area contributed by atoms with Gasteiger partial charge in [0.25, 0.3) is 0 Å². The third-order valence-electron chi connectivity index (χ3n) is 3.60. The molecule has 0 aliphatic heterocycles. The third kappa shape index (κ3) is 2.06. The molecule has 0 fully saturated rings. The van der Waals surface area contributed by atoms with Crippen molar-refractivity contribution in [3.05, 3.63) is 46.4 Å². The second kappa shape index (κ2) is 4.87. The van der Waals surface area contributed by atoms with Gasteiger partial charge in [-0.2, -0.15) is 5.10 Å². The van der Waals surface area contributed by atoms with Crippen molar-refractivity contribution in [1.29, 1.82) is 0 Å². The van der Waals surface area contributed by atoms with E-state index in [1.807, 2.05) is 49.8 Å². The first-order valence-electron chi connectivity index (χ1n) is 6.48. The van der Waals surface area contributed by atoms with Crippen LogP contribution in [0.3, 0.4) is 0 Å². The monoisotopic (exact) mass is 289 g/mol. The molecule has 1 aromatic carbocycles. The smallest absolute Gasteiger partial charge is 0.199 e. The van der Waals surface area contributed by atoms with Crippen LogP contribution in [0, 0.1) is 13.8 Å². The second-order valence-corrected chi connectivity index (χ2v) is 5.22. The Morgan fingerprint density at radius 3 is 2.75 bits per heavy atom. The van der Waals surface area contributed by atoms with E-state index in [9.17, 15) is 0 Å². The molecule has 5 heteroatoms. The van der Waals surface area contributed by atoms with Crippen molar-refractivity contribution in [2.45, 2.75) is 20.4 Å². The normalized spacial score (nSPS) is 11.2. The molecule has 0 radical (unpaired) electrons. The molecule has 0 atom stereocenters. The molecule has 20 heavy (non-hydrogen) atoms. The zero-order valence-electron chi connectivity index (χ0n) is 11.7. The maximum Gasteiger partial charge on any atom is 0.199 e. The summed E-state index contributed by atoms with van der Waals surface area (Å²) in [6.45, 7) is 4.64. The van der Waals surface area contributed by atoms with Gasteiger partial charge in [0, 0.05) is 24.5 Å². The number of anilines is 1. The largest absolute Gasteiger partial charge is 0.444 e. The number of para-hydroxylation sites is 1. The van der Waals surface area contributed by atoms with Crippen LogP contribution in [0.5, 0.6) is 0 Å². The van der Waals surface area contributed by atoms with Crippen molar-refractivity contribution in [3.8, 4) is 0 Å². The minimum atomic E-state index is 0.442. The third-order valence-corrected chi connectivity index (χ3v) is 3.91. The predicted molar refractivity (Wildman–Crippen MR) is 81.2 cm³/mol. The van der Waals surface area contributed by atoms with Crippen LogP contribution in [0.4, 0.5) is 5.69 Å². The lowest BCUT2D eigenvalue weighted by Crippen LogP contribution is -2.01. The summed E-state index contributed by atoms with van der Waals surface area (Å²) in [6.07, 6.45) is 0. The van der Waals surface area contributed by atoms with E-state index in [1.54, 1.807) is 0 Å². The Balaban J connectivity index is 1.92. The Morgan fingerprint density at radius 2 is 2.05 bits per heavy atom. The lowest BCUT2D eigenvalue weighted by atomic mass is 10.1. The van der Waals surface area contributed by atoms with E-state index >= 15 is 0 Å². The van der Waals surface area contributed by atoms with Crippen LogP contribution in [0.1, 0.15) is 17.0 Å². The number of hydrogen-bond donors (Lipinski definition) is 1. The van der Waals surface area contributed by atoms with E-state index < -0.39 is 0 Å². The van der Waals surface area contributed by atoms with Crippen LogP contribution in [0.15, 0.2) is 28.7 Å². The molecule has 104 valence electrons. The van der Waals surface area contributed by atoms with Crippen LogP contribution in [-0.4, -0.2) is 9.78 Å². The van der Waals surface area contributed by atoms with Gasteiger partial charge in [-0.25, -0.2) is 0 Å². The van der Waals surface area contributed by atoms with Gasteiger partial charge < -0.3 is 9.73 Å². The molecule has 4 nitrogen and oxygen atoms in total. The fraction of sp³-hybridized carbons (Fsp3) is 0.267. The predicted octanol–water partition coefficient (Wildman–Crippen LogP) is 4.05. The van der Waals surface area contributed by atoms with Crippen molar-refractivity contribution in [1.82, 2.24) is 9.78 Å². The molecular weight excluding hydrogens is 274 g/mol. The highest BCUT2D eigenvalue weighted by atomic mass is 35.5. The fourth-order valence-corrected chi connectivity index (χ4v) is 2.69. The van der Waals surface area contributed by atoms with Gasteiger partial charge in [-0.15, -0.1) is 0 Å². The van der Waals surface area contributed by atoms with Crippen LogP contribution in [0.2, 0.25) is 5.22 Å².